The molecule has 0 spiro atoms. The van der Waals surface area contributed by atoms with Crippen LogP contribution in [0.1, 0.15) is 22.5 Å². The van der Waals surface area contributed by atoms with Crippen LogP contribution in [0, 0.1) is 27.7 Å². The van der Waals surface area contributed by atoms with Crippen LogP contribution in [-0.4, -0.2) is 19.7 Å². The highest BCUT2D eigenvalue weighted by atomic mass is 15.3. The minimum absolute atomic E-state index is 0.469. The molecule has 0 amide bonds. The van der Waals surface area contributed by atoms with Crippen LogP contribution in [-0.2, 0) is 0 Å². The molecule has 2 aromatic heterocycles. The van der Waals surface area contributed by atoms with Gasteiger partial charge in [-0.05, 0) is 57.0 Å². The third-order valence-corrected chi connectivity index (χ3v) is 3.84. The Kier molecular flexibility index (Phi) is 3.73. The van der Waals surface area contributed by atoms with Crippen molar-refractivity contribution in [2.75, 3.05) is 11.1 Å². The molecule has 0 fully saturated rings. The number of anilines is 3. The Morgan fingerprint density at radius 2 is 1.78 bits per heavy atom. The first-order valence-electron chi connectivity index (χ1n) is 7.44. The third-order valence-electron chi connectivity index (χ3n) is 3.84. The zero-order valence-corrected chi connectivity index (χ0v) is 13.8. The average Bonchev–Trinajstić information content (AvgIpc) is 2.84. The van der Waals surface area contributed by atoms with E-state index in [1.807, 2.05) is 26.0 Å². The van der Waals surface area contributed by atoms with Crippen LogP contribution >= 0.6 is 0 Å². The van der Waals surface area contributed by atoms with Crippen LogP contribution in [0.15, 0.2) is 30.6 Å². The van der Waals surface area contributed by atoms with Crippen LogP contribution in [0.2, 0.25) is 0 Å². The summed E-state index contributed by atoms with van der Waals surface area (Å²) in [4.78, 5) is 8.54. The number of nitrogens with zero attached hydrogens (tertiary/aromatic N) is 4. The van der Waals surface area contributed by atoms with E-state index in [0.29, 0.717) is 17.3 Å². The SMILES string of the molecule is Cc1cc(C)n(-c2ncnc(Nc3ccc(C)c(C)c3)c2N)n1. The Morgan fingerprint density at radius 3 is 2.43 bits per heavy atom. The first kappa shape index (κ1) is 15.0. The summed E-state index contributed by atoms with van der Waals surface area (Å²) in [6.45, 7) is 8.07. The van der Waals surface area contributed by atoms with E-state index in [4.69, 9.17) is 5.73 Å². The van der Waals surface area contributed by atoms with E-state index in [-0.39, 0.29) is 0 Å². The number of nitrogen functional groups attached to an aromatic ring is 1. The molecule has 3 aromatic rings. The lowest BCUT2D eigenvalue weighted by Crippen LogP contribution is -2.09. The molecule has 1 aromatic carbocycles. The van der Waals surface area contributed by atoms with Crippen LogP contribution in [0.3, 0.4) is 0 Å². The van der Waals surface area contributed by atoms with Crippen LogP contribution in [0.4, 0.5) is 17.2 Å². The van der Waals surface area contributed by atoms with Crippen molar-refractivity contribution in [3.05, 3.63) is 53.1 Å². The molecule has 118 valence electrons. The Bertz CT molecular complexity index is 866. The van der Waals surface area contributed by atoms with E-state index in [9.17, 15) is 0 Å². The molecule has 2 heterocycles. The molecule has 0 radical (unpaired) electrons. The fourth-order valence-electron chi connectivity index (χ4n) is 2.45. The Hall–Kier alpha value is -2.89. The highest BCUT2D eigenvalue weighted by Gasteiger charge is 2.13. The first-order chi connectivity index (χ1) is 11.0. The van der Waals surface area contributed by atoms with Crippen molar-refractivity contribution in [1.82, 2.24) is 19.7 Å². The van der Waals surface area contributed by atoms with Crippen molar-refractivity contribution in [2.24, 2.45) is 0 Å². The molecule has 0 atom stereocenters. The summed E-state index contributed by atoms with van der Waals surface area (Å²) in [6.07, 6.45) is 1.49. The van der Waals surface area contributed by atoms with Crippen molar-refractivity contribution < 1.29 is 0 Å². The van der Waals surface area contributed by atoms with Gasteiger partial charge in [-0.1, -0.05) is 6.07 Å². The molecule has 6 heteroatoms. The van der Waals surface area contributed by atoms with Gasteiger partial charge in [-0.25, -0.2) is 14.6 Å². The summed E-state index contributed by atoms with van der Waals surface area (Å²) >= 11 is 0. The van der Waals surface area contributed by atoms with Gasteiger partial charge in [0.2, 0.25) is 0 Å². The van der Waals surface area contributed by atoms with Gasteiger partial charge < -0.3 is 11.1 Å². The first-order valence-corrected chi connectivity index (χ1v) is 7.44. The number of benzene rings is 1. The van der Waals surface area contributed by atoms with Crippen LogP contribution in [0.5, 0.6) is 0 Å². The van der Waals surface area contributed by atoms with E-state index in [1.54, 1.807) is 4.68 Å². The van der Waals surface area contributed by atoms with Crippen molar-refractivity contribution in [1.29, 1.82) is 0 Å². The van der Waals surface area contributed by atoms with Gasteiger partial charge >= 0.3 is 0 Å². The number of nitrogens with two attached hydrogens (primary N) is 1. The second kappa shape index (κ2) is 5.72. The standard InChI is InChI=1S/C17H20N6/c1-10-5-6-14(7-11(10)2)21-16-15(18)17(20-9-19-16)23-13(4)8-12(3)22-23/h5-9H,18H2,1-4H3,(H,19,20,21). The lowest BCUT2D eigenvalue weighted by molar-refractivity contribution is 0.804. The van der Waals surface area contributed by atoms with Crippen molar-refractivity contribution in [2.45, 2.75) is 27.7 Å². The Labute approximate surface area is 135 Å². The highest BCUT2D eigenvalue weighted by molar-refractivity contribution is 5.74. The minimum Gasteiger partial charge on any atom is -0.393 e. The molecule has 0 aliphatic heterocycles. The number of aryl methyl sites for hydroxylation is 4. The molecule has 0 bridgehead atoms. The van der Waals surface area contributed by atoms with Crippen LogP contribution < -0.4 is 11.1 Å². The molecule has 23 heavy (non-hydrogen) atoms. The van der Waals surface area contributed by atoms with Gasteiger partial charge in [-0.15, -0.1) is 0 Å². The fraction of sp³-hybridized carbons (Fsp3) is 0.235. The van der Waals surface area contributed by atoms with E-state index in [2.05, 4.69) is 46.4 Å². The quantitative estimate of drug-likeness (QED) is 0.776. The molecule has 3 N–H and O–H groups in total. The lowest BCUT2D eigenvalue weighted by atomic mass is 10.1. The maximum absolute atomic E-state index is 6.26. The van der Waals surface area contributed by atoms with E-state index >= 15 is 0 Å². The van der Waals surface area contributed by atoms with Crippen molar-refractivity contribution >= 4 is 17.2 Å². The smallest absolute Gasteiger partial charge is 0.182 e. The summed E-state index contributed by atoms with van der Waals surface area (Å²) < 4.78 is 1.73. The summed E-state index contributed by atoms with van der Waals surface area (Å²) in [5.41, 5.74) is 12.0. The highest BCUT2D eigenvalue weighted by Crippen LogP contribution is 2.26. The predicted octanol–water partition coefficient (Wildman–Crippen LogP) is 3.22. The number of rotatable bonds is 3. The molecule has 0 aliphatic rings. The van der Waals surface area contributed by atoms with Gasteiger partial charge in [0.15, 0.2) is 11.6 Å². The Morgan fingerprint density at radius 1 is 1.00 bits per heavy atom. The molecule has 0 saturated heterocycles. The van der Waals surface area contributed by atoms with Crippen LogP contribution in [0.25, 0.3) is 5.82 Å². The topological polar surface area (TPSA) is 81.7 Å². The normalized spacial score (nSPS) is 10.8. The zero-order valence-electron chi connectivity index (χ0n) is 13.8. The molecule has 6 nitrogen and oxygen atoms in total. The van der Waals surface area contributed by atoms with E-state index < -0.39 is 0 Å². The molecule has 3 rings (SSSR count). The zero-order chi connectivity index (χ0) is 16.6. The predicted molar refractivity (Wildman–Crippen MR) is 92.2 cm³/mol. The summed E-state index contributed by atoms with van der Waals surface area (Å²) in [5, 5.41) is 7.69. The average molecular weight is 308 g/mol. The lowest BCUT2D eigenvalue weighted by Gasteiger charge is -2.13. The second-order valence-electron chi connectivity index (χ2n) is 5.72. The van der Waals surface area contributed by atoms with Gasteiger partial charge in [0, 0.05) is 11.4 Å². The maximum Gasteiger partial charge on any atom is 0.182 e. The minimum atomic E-state index is 0.469. The largest absolute Gasteiger partial charge is 0.393 e. The molecule has 0 saturated carbocycles. The molecular weight excluding hydrogens is 288 g/mol. The summed E-state index contributed by atoms with van der Waals surface area (Å²) in [6, 6.07) is 8.13. The van der Waals surface area contributed by atoms with Crippen molar-refractivity contribution in [3.8, 4) is 5.82 Å². The van der Waals surface area contributed by atoms with E-state index in [0.717, 1.165) is 17.1 Å². The van der Waals surface area contributed by atoms with Gasteiger partial charge in [0.1, 0.15) is 12.0 Å². The second-order valence-corrected chi connectivity index (χ2v) is 5.72. The number of hydrogen-bond donors (Lipinski definition) is 2. The monoisotopic (exact) mass is 308 g/mol. The summed E-state index contributed by atoms with van der Waals surface area (Å²) in [5.74, 6) is 1.16. The molecule has 0 aliphatic carbocycles. The van der Waals surface area contributed by atoms with Gasteiger partial charge in [-0.2, -0.15) is 5.10 Å². The maximum atomic E-state index is 6.26. The van der Waals surface area contributed by atoms with E-state index in [1.165, 1.54) is 17.5 Å². The van der Waals surface area contributed by atoms with Gasteiger partial charge in [0.05, 0.1) is 5.69 Å². The molecular formula is C17H20N6. The number of nitrogens with one attached hydrogen (secondary N) is 1. The number of aromatic nitrogens is 4. The Balaban J connectivity index is 1.99. The third kappa shape index (κ3) is 2.88. The molecule has 0 unspecified atom stereocenters. The fourth-order valence-corrected chi connectivity index (χ4v) is 2.45. The van der Waals surface area contributed by atoms with Crippen molar-refractivity contribution in [3.63, 3.8) is 0 Å². The number of hydrogen-bond acceptors (Lipinski definition) is 5. The van der Waals surface area contributed by atoms with Gasteiger partial charge in [-0.3, -0.25) is 0 Å². The summed E-state index contributed by atoms with van der Waals surface area (Å²) in [7, 11) is 0. The van der Waals surface area contributed by atoms with Gasteiger partial charge in [0.25, 0.3) is 0 Å².